The molecule has 2 fully saturated rings. The maximum atomic E-state index is 13.4. The molecule has 2 amide bonds. The third-order valence-corrected chi connectivity index (χ3v) is 5.27. The molecule has 5 heteroatoms. The zero-order valence-corrected chi connectivity index (χ0v) is 15.6. The second kappa shape index (κ2) is 7.75. The average molecular weight is 346 g/mol. The molecule has 0 spiro atoms. The number of hydrogen-bond acceptors (Lipinski definition) is 3. The normalized spacial score (nSPS) is 24.6. The summed E-state index contributed by atoms with van der Waals surface area (Å²) >= 11 is 0. The molecule has 2 atom stereocenters. The molecule has 0 unspecified atom stereocenters. The van der Waals surface area contributed by atoms with Crippen molar-refractivity contribution in [1.82, 2.24) is 9.80 Å². The molecule has 138 valence electrons. The molecule has 1 aromatic rings. The van der Waals surface area contributed by atoms with E-state index in [0.29, 0.717) is 32.9 Å². The highest BCUT2D eigenvalue weighted by Crippen LogP contribution is 2.33. The Morgan fingerprint density at radius 3 is 2.52 bits per heavy atom. The fourth-order valence-electron chi connectivity index (χ4n) is 3.89. The molecule has 0 saturated carbocycles. The van der Waals surface area contributed by atoms with Gasteiger partial charge in [-0.15, -0.1) is 0 Å². The van der Waals surface area contributed by atoms with Crippen LogP contribution in [0.2, 0.25) is 0 Å². The molecule has 5 nitrogen and oxygen atoms in total. The Morgan fingerprint density at radius 2 is 1.88 bits per heavy atom. The Bertz CT molecular complexity index is 570. The third-order valence-electron chi connectivity index (χ3n) is 5.27. The van der Waals surface area contributed by atoms with Crippen LogP contribution < -0.4 is 0 Å². The molecule has 0 N–H and O–H groups in total. The van der Waals surface area contributed by atoms with E-state index in [9.17, 15) is 4.79 Å². The van der Waals surface area contributed by atoms with Gasteiger partial charge in [-0.1, -0.05) is 30.3 Å². The molecule has 0 aliphatic carbocycles. The van der Waals surface area contributed by atoms with Gasteiger partial charge in [0.1, 0.15) is 0 Å². The Hall–Kier alpha value is -1.59. The molecule has 2 aliphatic rings. The Morgan fingerprint density at radius 1 is 1.20 bits per heavy atom. The standard InChI is InChI=1S/C20H30N2O3/c1-16(17-7-5-4-6-8-17)22(18-9-12-25-20(2,3)15-18)19(23)21-10-13-24-14-11-21/h4-8,16,18H,9-15H2,1-3H3/t16-,18-/m0/s1. The zero-order chi connectivity index (χ0) is 17.9. The first kappa shape index (κ1) is 18.2. The first-order chi connectivity index (χ1) is 12.0. The molecule has 1 aromatic carbocycles. The Labute approximate surface area is 150 Å². The first-order valence-corrected chi connectivity index (χ1v) is 9.32. The molecule has 25 heavy (non-hydrogen) atoms. The number of carbonyl (C=O) groups excluding carboxylic acids is 1. The summed E-state index contributed by atoms with van der Waals surface area (Å²) < 4.78 is 11.3. The molecule has 0 aromatic heterocycles. The van der Waals surface area contributed by atoms with Crippen LogP contribution in [-0.4, -0.2) is 60.4 Å². The second-order valence-corrected chi connectivity index (χ2v) is 7.63. The van der Waals surface area contributed by atoms with Gasteiger partial charge in [0.15, 0.2) is 0 Å². The van der Waals surface area contributed by atoms with Crippen molar-refractivity contribution in [2.45, 2.75) is 51.3 Å². The predicted octanol–water partition coefficient (Wildman–Crippen LogP) is 3.46. The fraction of sp³-hybridized carbons (Fsp3) is 0.650. The van der Waals surface area contributed by atoms with E-state index in [1.165, 1.54) is 5.56 Å². The summed E-state index contributed by atoms with van der Waals surface area (Å²) in [7, 11) is 0. The molecular formula is C20H30N2O3. The largest absolute Gasteiger partial charge is 0.378 e. The van der Waals surface area contributed by atoms with E-state index in [2.05, 4.69) is 37.8 Å². The topological polar surface area (TPSA) is 42.0 Å². The van der Waals surface area contributed by atoms with Gasteiger partial charge >= 0.3 is 6.03 Å². The monoisotopic (exact) mass is 346 g/mol. The number of urea groups is 1. The highest BCUT2D eigenvalue weighted by atomic mass is 16.5. The summed E-state index contributed by atoms with van der Waals surface area (Å²) in [6.07, 6.45) is 1.75. The van der Waals surface area contributed by atoms with Gasteiger partial charge in [-0.2, -0.15) is 0 Å². The smallest absolute Gasteiger partial charge is 0.320 e. The van der Waals surface area contributed by atoms with Crippen LogP contribution in [0.25, 0.3) is 0 Å². The summed E-state index contributed by atoms with van der Waals surface area (Å²) in [5.41, 5.74) is 0.983. The molecule has 0 bridgehead atoms. The van der Waals surface area contributed by atoms with Crippen molar-refractivity contribution >= 4 is 6.03 Å². The van der Waals surface area contributed by atoms with Crippen molar-refractivity contribution in [3.63, 3.8) is 0 Å². The van der Waals surface area contributed by atoms with Crippen molar-refractivity contribution < 1.29 is 14.3 Å². The van der Waals surface area contributed by atoms with Gasteiger partial charge in [-0.3, -0.25) is 0 Å². The predicted molar refractivity (Wildman–Crippen MR) is 97.5 cm³/mol. The average Bonchev–Trinajstić information content (AvgIpc) is 2.62. The van der Waals surface area contributed by atoms with Crippen molar-refractivity contribution in [2.24, 2.45) is 0 Å². The van der Waals surface area contributed by atoms with Crippen molar-refractivity contribution in [1.29, 1.82) is 0 Å². The SMILES string of the molecule is C[C@@H](c1ccccc1)N(C(=O)N1CCOCC1)[C@H]1CCOC(C)(C)C1. The lowest BCUT2D eigenvalue weighted by Crippen LogP contribution is -2.55. The number of morpholine rings is 1. The van der Waals surface area contributed by atoms with E-state index in [0.717, 1.165) is 12.8 Å². The molecule has 2 saturated heterocycles. The molecule has 3 rings (SSSR count). The Balaban J connectivity index is 1.86. The van der Waals surface area contributed by atoms with Crippen molar-refractivity contribution in [2.75, 3.05) is 32.9 Å². The summed E-state index contributed by atoms with van der Waals surface area (Å²) in [5, 5.41) is 0. The van der Waals surface area contributed by atoms with Crippen LogP contribution >= 0.6 is 0 Å². The summed E-state index contributed by atoms with van der Waals surface area (Å²) in [4.78, 5) is 17.4. The maximum Gasteiger partial charge on any atom is 0.320 e. The quantitative estimate of drug-likeness (QED) is 0.842. The number of ether oxygens (including phenoxy) is 2. The van der Waals surface area contributed by atoms with Crippen LogP contribution in [0.3, 0.4) is 0 Å². The summed E-state index contributed by atoms with van der Waals surface area (Å²) in [5.74, 6) is 0. The van der Waals surface area contributed by atoms with E-state index in [4.69, 9.17) is 9.47 Å². The highest BCUT2D eigenvalue weighted by Gasteiger charge is 2.38. The van der Waals surface area contributed by atoms with Crippen LogP contribution in [-0.2, 0) is 9.47 Å². The lowest BCUT2D eigenvalue weighted by molar-refractivity contribution is -0.0836. The lowest BCUT2D eigenvalue weighted by Gasteiger charge is -2.45. The van der Waals surface area contributed by atoms with E-state index in [-0.39, 0.29) is 23.7 Å². The molecular weight excluding hydrogens is 316 g/mol. The minimum atomic E-state index is -0.192. The van der Waals surface area contributed by atoms with Gasteiger partial charge in [0.05, 0.1) is 24.9 Å². The number of carbonyl (C=O) groups is 1. The van der Waals surface area contributed by atoms with Gasteiger partial charge in [0.25, 0.3) is 0 Å². The van der Waals surface area contributed by atoms with Crippen molar-refractivity contribution in [3.8, 4) is 0 Å². The number of hydrogen-bond donors (Lipinski definition) is 0. The van der Waals surface area contributed by atoms with Crippen LogP contribution in [0, 0.1) is 0 Å². The maximum absolute atomic E-state index is 13.4. The van der Waals surface area contributed by atoms with Gasteiger partial charge in [0, 0.05) is 25.7 Å². The minimum Gasteiger partial charge on any atom is -0.378 e. The molecule has 0 radical (unpaired) electrons. The van der Waals surface area contributed by atoms with E-state index < -0.39 is 0 Å². The lowest BCUT2D eigenvalue weighted by atomic mass is 9.91. The second-order valence-electron chi connectivity index (χ2n) is 7.63. The van der Waals surface area contributed by atoms with Crippen LogP contribution in [0.15, 0.2) is 30.3 Å². The number of benzene rings is 1. The van der Waals surface area contributed by atoms with Crippen molar-refractivity contribution in [3.05, 3.63) is 35.9 Å². The van der Waals surface area contributed by atoms with E-state index in [1.807, 2.05) is 23.1 Å². The van der Waals surface area contributed by atoms with Gasteiger partial charge in [0.2, 0.25) is 0 Å². The van der Waals surface area contributed by atoms with Gasteiger partial charge in [-0.05, 0) is 39.2 Å². The highest BCUT2D eigenvalue weighted by molar-refractivity contribution is 5.75. The minimum absolute atomic E-state index is 0.0374. The molecule has 2 heterocycles. The van der Waals surface area contributed by atoms with Crippen LogP contribution in [0.5, 0.6) is 0 Å². The van der Waals surface area contributed by atoms with Crippen LogP contribution in [0.4, 0.5) is 4.79 Å². The summed E-state index contributed by atoms with van der Waals surface area (Å²) in [6.45, 7) is 9.65. The Kier molecular flexibility index (Phi) is 5.64. The van der Waals surface area contributed by atoms with Gasteiger partial charge in [-0.25, -0.2) is 4.79 Å². The van der Waals surface area contributed by atoms with E-state index >= 15 is 0 Å². The van der Waals surface area contributed by atoms with Gasteiger partial charge < -0.3 is 19.3 Å². The first-order valence-electron chi connectivity index (χ1n) is 9.32. The zero-order valence-electron chi connectivity index (χ0n) is 15.6. The van der Waals surface area contributed by atoms with Crippen LogP contribution in [0.1, 0.15) is 45.2 Å². The molecule has 2 aliphatic heterocycles. The fourth-order valence-corrected chi connectivity index (χ4v) is 3.89. The number of nitrogens with zero attached hydrogens (tertiary/aromatic N) is 2. The number of amides is 2. The summed E-state index contributed by atoms with van der Waals surface area (Å²) in [6, 6.07) is 10.7. The van der Waals surface area contributed by atoms with E-state index in [1.54, 1.807) is 0 Å². The third kappa shape index (κ3) is 4.33. The number of rotatable bonds is 3.